The number of rotatable bonds is 7. The molecule has 1 aromatic rings. The number of hydrogen-bond acceptors (Lipinski definition) is 4. The van der Waals surface area contributed by atoms with Crippen molar-refractivity contribution in [2.24, 2.45) is 4.99 Å². The van der Waals surface area contributed by atoms with Crippen LogP contribution >= 0.6 is 0 Å². The molecule has 0 saturated heterocycles. The standard InChI is InChI=1S/C14H23N3O3/c1-15-14(16-2)17-6-5-7-20-13-9-11(18-3)8-12(10-13)19-4/h8-10H,5-7H2,1-4H3,(H2,15,16,17). The molecule has 0 aliphatic rings. The number of methoxy groups -OCH3 is 2. The van der Waals surface area contributed by atoms with E-state index in [9.17, 15) is 0 Å². The lowest BCUT2D eigenvalue weighted by molar-refractivity contribution is 0.305. The first-order valence-electron chi connectivity index (χ1n) is 6.47. The third kappa shape index (κ3) is 5.26. The maximum Gasteiger partial charge on any atom is 0.190 e. The summed E-state index contributed by atoms with van der Waals surface area (Å²) >= 11 is 0. The normalized spacial score (nSPS) is 10.9. The van der Waals surface area contributed by atoms with Crippen LogP contribution in [-0.4, -0.2) is 47.4 Å². The Hall–Kier alpha value is -2.11. The second kappa shape index (κ2) is 8.90. The van der Waals surface area contributed by atoms with Crippen LogP contribution in [0.2, 0.25) is 0 Å². The first-order chi connectivity index (χ1) is 9.73. The summed E-state index contributed by atoms with van der Waals surface area (Å²) in [5.41, 5.74) is 0. The van der Waals surface area contributed by atoms with Crippen LogP contribution in [0.25, 0.3) is 0 Å². The zero-order chi connectivity index (χ0) is 14.8. The highest BCUT2D eigenvalue weighted by atomic mass is 16.5. The molecule has 2 N–H and O–H groups in total. The Bertz CT molecular complexity index is 413. The van der Waals surface area contributed by atoms with Gasteiger partial charge in [-0.15, -0.1) is 0 Å². The van der Waals surface area contributed by atoms with Gasteiger partial charge < -0.3 is 24.8 Å². The minimum atomic E-state index is 0.601. The molecule has 0 amide bonds. The molecule has 6 heteroatoms. The van der Waals surface area contributed by atoms with Gasteiger partial charge in [0.1, 0.15) is 17.2 Å². The van der Waals surface area contributed by atoms with E-state index in [-0.39, 0.29) is 0 Å². The predicted octanol–water partition coefficient (Wildman–Crippen LogP) is 1.27. The van der Waals surface area contributed by atoms with Crippen molar-refractivity contribution in [2.75, 3.05) is 41.5 Å². The van der Waals surface area contributed by atoms with Crippen molar-refractivity contribution < 1.29 is 14.2 Å². The van der Waals surface area contributed by atoms with E-state index < -0.39 is 0 Å². The average Bonchev–Trinajstić information content (AvgIpc) is 2.50. The molecule has 0 aliphatic heterocycles. The molecule has 0 atom stereocenters. The van der Waals surface area contributed by atoms with Gasteiger partial charge in [-0.1, -0.05) is 0 Å². The largest absolute Gasteiger partial charge is 0.496 e. The summed E-state index contributed by atoms with van der Waals surface area (Å²) in [6.07, 6.45) is 0.861. The van der Waals surface area contributed by atoms with Crippen molar-refractivity contribution >= 4 is 5.96 Å². The van der Waals surface area contributed by atoms with Crippen molar-refractivity contribution in [3.8, 4) is 17.2 Å². The Morgan fingerprint density at radius 2 is 1.70 bits per heavy atom. The minimum absolute atomic E-state index is 0.601. The fourth-order valence-corrected chi connectivity index (χ4v) is 1.61. The highest BCUT2D eigenvalue weighted by Crippen LogP contribution is 2.27. The summed E-state index contributed by atoms with van der Waals surface area (Å²) < 4.78 is 16.1. The number of ether oxygens (including phenoxy) is 3. The molecule has 0 bridgehead atoms. The Kier molecular flexibility index (Phi) is 7.10. The van der Waals surface area contributed by atoms with E-state index in [4.69, 9.17) is 14.2 Å². The molecule has 1 rings (SSSR count). The molecule has 20 heavy (non-hydrogen) atoms. The van der Waals surface area contributed by atoms with Crippen molar-refractivity contribution in [2.45, 2.75) is 6.42 Å². The van der Waals surface area contributed by atoms with Gasteiger partial charge in [-0.3, -0.25) is 4.99 Å². The Balaban J connectivity index is 2.38. The molecular weight excluding hydrogens is 258 g/mol. The lowest BCUT2D eigenvalue weighted by Crippen LogP contribution is -2.35. The van der Waals surface area contributed by atoms with Crippen LogP contribution in [-0.2, 0) is 0 Å². The Morgan fingerprint density at radius 1 is 1.10 bits per heavy atom. The third-order valence-corrected chi connectivity index (χ3v) is 2.67. The summed E-state index contributed by atoms with van der Waals surface area (Å²) in [5.74, 6) is 2.94. The lowest BCUT2D eigenvalue weighted by Gasteiger charge is -2.11. The van der Waals surface area contributed by atoms with Gasteiger partial charge >= 0.3 is 0 Å². The summed E-state index contributed by atoms with van der Waals surface area (Å²) in [6, 6.07) is 5.48. The molecule has 0 saturated carbocycles. The first kappa shape index (κ1) is 15.9. The summed E-state index contributed by atoms with van der Waals surface area (Å²) in [6.45, 7) is 1.39. The van der Waals surface area contributed by atoms with Gasteiger partial charge in [-0.25, -0.2) is 0 Å². The minimum Gasteiger partial charge on any atom is -0.496 e. The summed E-state index contributed by atoms with van der Waals surface area (Å²) in [4.78, 5) is 4.03. The van der Waals surface area contributed by atoms with Crippen molar-refractivity contribution in [1.29, 1.82) is 0 Å². The molecule has 0 aliphatic carbocycles. The fraction of sp³-hybridized carbons (Fsp3) is 0.500. The molecule has 112 valence electrons. The third-order valence-electron chi connectivity index (χ3n) is 2.67. The predicted molar refractivity (Wildman–Crippen MR) is 80.1 cm³/mol. The van der Waals surface area contributed by atoms with Crippen LogP contribution in [0, 0.1) is 0 Å². The number of benzene rings is 1. The molecule has 0 fully saturated rings. The zero-order valence-electron chi connectivity index (χ0n) is 12.5. The second-order valence-corrected chi connectivity index (χ2v) is 4.00. The van der Waals surface area contributed by atoms with Gasteiger partial charge in [0, 0.05) is 38.8 Å². The lowest BCUT2D eigenvalue weighted by atomic mass is 10.3. The molecular formula is C14H23N3O3. The van der Waals surface area contributed by atoms with E-state index in [2.05, 4.69) is 15.6 Å². The van der Waals surface area contributed by atoms with Crippen LogP contribution in [0.3, 0.4) is 0 Å². The van der Waals surface area contributed by atoms with Gasteiger partial charge in [0.2, 0.25) is 0 Å². The monoisotopic (exact) mass is 281 g/mol. The highest BCUT2D eigenvalue weighted by Gasteiger charge is 2.02. The van der Waals surface area contributed by atoms with Crippen LogP contribution in [0.15, 0.2) is 23.2 Å². The Labute approximate surface area is 120 Å². The number of aliphatic imine (C=N–C) groups is 1. The molecule has 0 spiro atoms. The van der Waals surface area contributed by atoms with E-state index in [0.717, 1.165) is 24.7 Å². The first-order valence-corrected chi connectivity index (χ1v) is 6.47. The van der Waals surface area contributed by atoms with Crippen molar-refractivity contribution in [1.82, 2.24) is 10.6 Å². The SMILES string of the molecule is CN=C(NC)NCCCOc1cc(OC)cc(OC)c1. The molecule has 0 aromatic heterocycles. The quantitative estimate of drug-likeness (QED) is 0.448. The highest BCUT2D eigenvalue weighted by molar-refractivity contribution is 5.79. The molecule has 0 unspecified atom stereocenters. The van der Waals surface area contributed by atoms with Crippen molar-refractivity contribution in [3.63, 3.8) is 0 Å². The van der Waals surface area contributed by atoms with Gasteiger partial charge in [-0.05, 0) is 6.42 Å². The summed E-state index contributed by atoms with van der Waals surface area (Å²) in [5, 5.41) is 6.12. The summed E-state index contributed by atoms with van der Waals surface area (Å²) in [7, 11) is 6.80. The molecule has 0 radical (unpaired) electrons. The maximum atomic E-state index is 5.68. The molecule has 0 heterocycles. The fourth-order valence-electron chi connectivity index (χ4n) is 1.61. The molecule has 6 nitrogen and oxygen atoms in total. The number of guanidine groups is 1. The number of nitrogens with one attached hydrogen (secondary N) is 2. The topological polar surface area (TPSA) is 64.1 Å². The smallest absolute Gasteiger partial charge is 0.190 e. The van der Waals surface area contributed by atoms with E-state index in [1.54, 1.807) is 21.3 Å². The number of hydrogen-bond donors (Lipinski definition) is 2. The van der Waals surface area contributed by atoms with Crippen LogP contribution in [0.4, 0.5) is 0 Å². The maximum absolute atomic E-state index is 5.68. The van der Waals surface area contributed by atoms with E-state index in [1.807, 2.05) is 25.2 Å². The average molecular weight is 281 g/mol. The van der Waals surface area contributed by atoms with Crippen LogP contribution < -0.4 is 24.8 Å². The van der Waals surface area contributed by atoms with E-state index in [1.165, 1.54) is 0 Å². The number of nitrogens with zero attached hydrogens (tertiary/aromatic N) is 1. The Morgan fingerprint density at radius 3 is 2.20 bits per heavy atom. The van der Waals surface area contributed by atoms with Gasteiger partial charge in [0.25, 0.3) is 0 Å². The zero-order valence-corrected chi connectivity index (χ0v) is 12.5. The van der Waals surface area contributed by atoms with Crippen LogP contribution in [0.5, 0.6) is 17.2 Å². The van der Waals surface area contributed by atoms with Crippen LogP contribution in [0.1, 0.15) is 6.42 Å². The second-order valence-electron chi connectivity index (χ2n) is 4.00. The van der Waals surface area contributed by atoms with Gasteiger partial charge in [0.05, 0.1) is 20.8 Å². The molecule has 1 aromatic carbocycles. The van der Waals surface area contributed by atoms with E-state index >= 15 is 0 Å². The van der Waals surface area contributed by atoms with Crippen molar-refractivity contribution in [3.05, 3.63) is 18.2 Å². The van der Waals surface area contributed by atoms with Gasteiger partial charge in [0.15, 0.2) is 5.96 Å². The van der Waals surface area contributed by atoms with Gasteiger partial charge in [-0.2, -0.15) is 0 Å². The van der Waals surface area contributed by atoms with E-state index in [0.29, 0.717) is 18.1 Å².